The second-order valence-corrected chi connectivity index (χ2v) is 4.15. The average Bonchev–Trinajstić information content (AvgIpc) is 2.55. The standard InChI is InChI=1S/C8H12O8S/c1-3-13-7(9)5-6(8(10)14-4-2)16-17(11,12)15-5/h5-6H,3-4H2,1-2H3. The number of carbonyl (C=O) groups is 2. The van der Waals surface area contributed by atoms with Crippen molar-refractivity contribution in [2.45, 2.75) is 26.1 Å². The molecule has 0 amide bonds. The van der Waals surface area contributed by atoms with Gasteiger partial charge in [-0.15, -0.1) is 0 Å². The van der Waals surface area contributed by atoms with Crippen LogP contribution < -0.4 is 0 Å². The van der Waals surface area contributed by atoms with Crippen LogP contribution in [0.1, 0.15) is 13.8 Å². The summed E-state index contributed by atoms with van der Waals surface area (Å²) in [4.78, 5) is 22.7. The Hall–Kier alpha value is -1.19. The van der Waals surface area contributed by atoms with Crippen LogP contribution in [0.3, 0.4) is 0 Å². The van der Waals surface area contributed by atoms with Crippen LogP contribution in [0.25, 0.3) is 0 Å². The van der Waals surface area contributed by atoms with Gasteiger partial charge in [0.25, 0.3) is 0 Å². The van der Waals surface area contributed by atoms with Crippen LogP contribution in [-0.2, 0) is 37.8 Å². The van der Waals surface area contributed by atoms with Gasteiger partial charge < -0.3 is 9.47 Å². The Labute approximate surface area is 98.1 Å². The molecule has 17 heavy (non-hydrogen) atoms. The lowest BCUT2D eigenvalue weighted by molar-refractivity contribution is -0.163. The van der Waals surface area contributed by atoms with Crippen LogP contribution in [0.2, 0.25) is 0 Å². The molecule has 1 aliphatic heterocycles. The van der Waals surface area contributed by atoms with Crippen molar-refractivity contribution in [3.63, 3.8) is 0 Å². The molecule has 9 heteroatoms. The SMILES string of the molecule is CCOC(=O)C1OS(=O)(=O)OC1C(=O)OCC. The van der Waals surface area contributed by atoms with E-state index in [0.29, 0.717) is 0 Å². The van der Waals surface area contributed by atoms with Crippen LogP contribution in [0.5, 0.6) is 0 Å². The molecule has 0 aromatic rings. The molecule has 0 radical (unpaired) electrons. The van der Waals surface area contributed by atoms with Gasteiger partial charge in [0.15, 0.2) is 0 Å². The van der Waals surface area contributed by atoms with Gasteiger partial charge in [0.1, 0.15) is 0 Å². The van der Waals surface area contributed by atoms with Crippen molar-refractivity contribution in [1.29, 1.82) is 0 Å². The molecule has 0 bridgehead atoms. The lowest BCUT2D eigenvalue weighted by atomic mass is 10.2. The normalized spacial score (nSPS) is 26.5. The van der Waals surface area contributed by atoms with Crippen molar-refractivity contribution in [3.8, 4) is 0 Å². The Bertz CT molecular complexity index is 368. The number of esters is 2. The molecule has 98 valence electrons. The van der Waals surface area contributed by atoms with Crippen molar-refractivity contribution in [2.75, 3.05) is 13.2 Å². The fourth-order valence-corrected chi connectivity index (χ4v) is 2.06. The molecule has 1 rings (SSSR count). The summed E-state index contributed by atoms with van der Waals surface area (Å²) in [6.07, 6.45) is -3.31. The van der Waals surface area contributed by atoms with Gasteiger partial charge in [0.05, 0.1) is 13.2 Å². The maximum atomic E-state index is 11.4. The number of ether oxygens (including phenoxy) is 2. The fraction of sp³-hybridized carbons (Fsp3) is 0.750. The fourth-order valence-electron chi connectivity index (χ4n) is 1.15. The van der Waals surface area contributed by atoms with Gasteiger partial charge >= 0.3 is 22.3 Å². The van der Waals surface area contributed by atoms with Crippen LogP contribution >= 0.6 is 0 Å². The molecule has 1 fully saturated rings. The molecule has 0 aromatic carbocycles. The highest BCUT2D eigenvalue weighted by Crippen LogP contribution is 2.22. The first-order chi connectivity index (χ1) is 7.91. The molecule has 0 saturated carbocycles. The van der Waals surface area contributed by atoms with E-state index in [0.717, 1.165) is 0 Å². The van der Waals surface area contributed by atoms with Crippen molar-refractivity contribution in [2.24, 2.45) is 0 Å². The van der Waals surface area contributed by atoms with E-state index in [1.165, 1.54) is 13.8 Å². The quantitative estimate of drug-likeness (QED) is 0.606. The molecular weight excluding hydrogens is 256 g/mol. The predicted molar refractivity (Wildman–Crippen MR) is 51.9 cm³/mol. The van der Waals surface area contributed by atoms with Crippen LogP contribution in [-0.4, -0.2) is 45.8 Å². The Balaban J connectivity index is 2.85. The van der Waals surface area contributed by atoms with Crippen LogP contribution in [0.4, 0.5) is 0 Å². The predicted octanol–water partition coefficient (Wildman–Crippen LogP) is -0.859. The van der Waals surface area contributed by atoms with Crippen molar-refractivity contribution >= 4 is 22.3 Å². The first-order valence-electron chi connectivity index (χ1n) is 4.86. The van der Waals surface area contributed by atoms with E-state index in [1.807, 2.05) is 0 Å². The first kappa shape index (κ1) is 13.9. The minimum Gasteiger partial charge on any atom is -0.464 e. The maximum absolute atomic E-state index is 11.4. The smallest absolute Gasteiger partial charge is 0.401 e. The molecule has 1 heterocycles. The van der Waals surface area contributed by atoms with Crippen molar-refractivity contribution < 1.29 is 35.8 Å². The van der Waals surface area contributed by atoms with E-state index >= 15 is 0 Å². The van der Waals surface area contributed by atoms with Crippen molar-refractivity contribution in [3.05, 3.63) is 0 Å². The third-order valence-electron chi connectivity index (χ3n) is 1.76. The third-order valence-corrected chi connectivity index (χ3v) is 2.64. The summed E-state index contributed by atoms with van der Waals surface area (Å²) in [7, 11) is -4.37. The van der Waals surface area contributed by atoms with Crippen LogP contribution in [0.15, 0.2) is 0 Å². The van der Waals surface area contributed by atoms with E-state index in [-0.39, 0.29) is 13.2 Å². The second kappa shape index (κ2) is 5.43. The van der Waals surface area contributed by atoms with Crippen molar-refractivity contribution in [1.82, 2.24) is 0 Å². The number of hydrogen-bond donors (Lipinski definition) is 0. The lowest BCUT2D eigenvalue weighted by Gasteiger charge is -2.11. The van der Waals surface area contributed by atoms with Gasteiger partial charge in [-0.3, -0.25) is 0 Å². The largest absolute Gasteiger partial charge is 0.464 e. The van der Waals surface area contributed by atoms with E-state index < -0.39 is 34.5 Å². The molecule has 1 saturated heterocycles. The highest BCUT2D eigenvalue weighted by atomic mass is 32.3. The first-order valence-corrected chi connectivity index (χ1v) is 6.19. The molecular formula is C8H12O8S. The Morgan fingerprint density at radius 3 is 1.65 bits per heavy atom. The molecule has 0 aliphatic carbocycles. The monoisotopic (exact) mass is 268 g/mol. The molecule has 8 nitrogen and oxygen atoms in total. The summed E-state index contributed by atoms with van der Waals surface area (Å²) >= 11 is 0. The van der Waals surface area contributed by atoms with Gasteiger partial charge in [0.2, 0.25) is 12.2 Å². The Morgan fingerprint density at radius 1 is 1.00 bits per heavy atom. The van der Waals surface area contributed by atoms with E-state index in [1.54, 1.807) is 0 Å². The van der Waals surface area contributed by atoms with Gasteiger partial charge in [-0.05, 0) is 13.8 Å². The zero-order chi connectivity index (χ0) is 13.1. The second-order valence-electron chi connectivity index (χ2n) is 2.95. The van der Waals surface area contributed by atoms with E-state index in [9.17, 15) is 18.0 Å². The molecule has 1 aliphatic rings. The summed E-state index contributed by atoms with van der Waals surface area (Å²) in [6.45, 7) is 3.10. The van der Waals surface area contributed by atoms with Gasteiger partial charge in [0, 0.05) is 0 Å². The van der Waals surface area contributed by atoms with Gasteiger partial charge in [-0.25, -0.2) is 18.0 Å². The average molecular weight is 268 g/mol. The van der Waals surface area contributed by atoms with Gasteiger partial charge in [-0.1, -0.05) is 0 Å². The topological polar surface area (TPSA) is 105 Å². The highest BCUT2D eigenvalue weighted by molar-refractivity contribution is 7.82. The van der Waals surface area contributed by atoms with E-state index in [2.05, 4.69) is 17.8 Å². The molecule has 0 N–H and O–H groups in total. The minimum absolute atomic E-state index is 0.0221. The summed E-state index contributed by atoms with van der Waals surface area (Å²) < 4.78 is 39.8. The maximum Gasteiger partial charge on any atom is 0.401 e. The molecule has 2 atom stereocenters. The minimum atomic E-state index is -4.37. The highest BCUT2D eigenvalue weighted by Gasteiger charge is 2.50. The zero-order valence-corrected chi connectivity index (χ0v) is 10.1. The summed E-state index contributed by atoms with van der Waals surface area (Å²) in [5, 5.41) is 0. The number of carbonyl (C=O) groups excluding carboxylic acids is 2. The van der Waals surface area contributed by atoms with Crippen LogP contribution in [0, 0.1) is 0 Å². The van der Waals surface area contributed by atoms with E-state index in [4.69, 9.17) is 0 Å². The summed E-state index contributed by atoms with van der Waals surface area (Å²) in [5.74, 6) is -1.99. The summed E-state index contributed by atoms with van der Waals surface area (Å²) in [6, 6.07) is 0. The molecule has 0 aromatic heterocycles. The molecule has 0 spiro atoms. The third kappa shape index (κ3) is 3.38. The molecule has 2 unspecified atom stereocenters. The number of rotatable bonds is 4. The van der Waals surface area contributed by atoms with Gasteiger partial charge in [-0.2, -0.15) is 8.42 Å². The Morgan fingerprint density at radius 2 is 1.35 bits per heavy atom. The Kier molecular flexibility index (Phi) is 4.43. The zero-order valence-electron chi connectivity index (χ0n) is 9.24. The lowest BCUT2D eigenvalue weighted by Crippen LogP contribution is -2.39. The number of hydrogen-bond acceptors (Lipinski definition) is 8. The summed E-state index contributed by atoms with van der Waals surface area (Å²) in [5.41, 5.74) is 0.